The quantitative estimate of drug-likeness (QED) is 0.0645. The van der Waals surface area contributed by atoms with Crippen LogP contribution in [0.3, 0.4) is 0 Å². The van der Waals surface area contributed by atoms with Gasteiger partial charge in [0.15, 0.2) is 10.2 Å². The van der Waals surface area contributed by atoms with Gasteiger partial charge >= 0.3 is 12.3 Å². The molecule has 0 radical (unpaired) electrons. The zero-order valence-corrected chi connectivity index (χ0v) is 46.3. The molecule has 18 nitrogen and oxygen atoms in total. The van der Waals surface area contributed by atoms with Crippen molar-refractivity contribution < 1.29 is 51.6 Å². The van der Waals surface area contributed by atoms with Crippen LogP contribution in [-0.2, 0) is 38.1 Å². The summed E-state index contributed by atoms with van der Waals surface area (Å²) < 4.78 is 63.0. The summed E-state index contributed by atoms with van der Waals surface area (Å²) in [5, 5.41) is 29.4. The Morgan fingerprint density at radius 2 is 1.14 bits per heavy atom. The van der Waals surface area contributed by atoms with Crippen molar-refractivity contribution in [1.29, 1.82) is 10.5 Å². The predicted molar refractivity (Wildman–Crippen MR) is 298 cm³/mol. The molecule has 2 amide bonds. The minimum Gasteiger partial charge on any atom is -0.475 e. The Morgan fingerprint density at radius 1 is 0.675 bits per heavy atom. The van der Waals surface area contributed by atoms with Crippen LogP contribution in [0.4, 0.5) is 40.7 Å². The van der Waals surface area contributed by atoms with E-state index in [1.807, 2.05) is 49.9 Å². The molecule has 2 aromatic heterocycles. The lowest BCUT2D eigenvalue weighted by molar-refractivity contribution is -0.137. The summed E-state index contributed by atoms with van der Waals surface area (Å²) in [6.45, 7) is 10.9. The van der Waals surface area contributed by atoms with Gasteiger partial charge in [0.05, 0.1) is 68.6 Å². The van der Waals surface area contributed by atoms with Gasteiger partial charge in [0.25, 0.3) is 11.8 Å². The van der Waals surface area contributed by atoms with E-state index in [0.29, 0.717) is 99.9 Å². The number of thiocarbonyl (C=S) groups is 2. The summed E-state index contributed by atoms with van der Waals surface area (Å²) in [4.78, 5) is 64.1. The second kappa shape index (κ2) is 22.2. The maximum atomic E-state index is 13.9. The molecule has 2 aliphatic heterocycles. The molecule has 4 heterocycles. The number of carbonyl (C=O) groups is 3. The number of halogens is 3. The number of hydrogen-bond donors (Lipinski definition) is 1. The van der Waals surface area contributed by atoms with Gasteiger partial charge in [-0.3, -0.25) is 19.4 Å². The third kappa shape index (κ3) is 10.5. The van der Waals surface area contributed by atoms with Crippen LogP contribution in [0.15, 0.2) is 72.8 Å². The van der Waals surface area contributed by atoms with Gasteiger partial charge in [0.2, 0.25) is 11.8 Å². The maximum absolute atomic E-state index is 13.9. The van der Waals surface area contributed by atoms with E-state index in [1.54, 1.807) is 67.0 Å². The number of fused-ring (bicyclic) bond motifs is 2. The molecule has 4 fully saturated rings. The maximum Gasteiger partial charge on any atom is 0.508 e. The zero-order chi connectivity index (χ0) is 57.5. The van der Waals surface area contributed by atoms with Crippen molar-refractivity contribution in [2.24, 2.45) is 0 Å². The number of aliphatic hydroxyl groups is 1. The van der Waals surface area contributed by atoms with Gasteiger partial charge in [-0.25, -0.2) is 14.8 Å². The van der Waals surface area contributed by atoms with Crippen LogP contribution in [0.2, 0.25) is 0 Å². The fourth-order valence-corrected chi connectivity index (χ4v) is 11.0. The first-order valence-corrected chi connectivity index (χ1v) is 26.8. The Labute approximate surface area is 469 Å². The third-order valence-electron chi connectivity index (χ3n) is 14.3. The van der Waals surface area contributed by atoms with Gasteiger partial charge in [-0.15, -0.1) is 0 Å². The summed E-state index contributed by atoms with van der Waals surface area (Å²) in [6.07, 6.45) is -0.414. The van der Waals surface area contributed by atoms with Gasteiger partial charge in [0.1, 0.15) is 48.1 Å². The van der Waals surface area contributed by atoms with Crippen LogP contribution in [0, 0.1) is 29.6 Å². The summed E-state index contributed by atoms with van der Waals surface area (Å²) in [5.74, 6) is 1.32. The molecule has 1 N–H and O–H groups in total. The summed E-state index contributed by atoms with van der Waals surface area (Å²) >= 11 is 11.6. The van der Waals surface area contributed by atoms with E-state index in [9.17, 15) is 37.9 Å². The van der Waals surface area contributed by atoms with Crippen molar-refractivity contribution in [1.82, 2.24) is 19.9 Å². The largest absolute Gasteiger partial charge is 0.508 e. The second-order valence-corrected chi connectivity index (χ2v) is 21.2. The SMILES string of the molecule is CCc1nc(OCCO)c2cc(N3C(=S)N(c4ccc(C#N)c(C(F)(F)F)c4)C(=O)C34CCC4)ccc2n1.CCc1nc(OCCOC(=O)OC(C)(C)C)c2cc(N3C(=S)N(c4ccc(C#N)c(C)c4)C(=O)C34CCC4)ccc2n1. The van der Waals surface area contributed by atoms with E-state index in [-0.39, 0.29) is 49.0 Å². The molecule has 414 valence electrons. The number of nitriles is 2. The minimum absolute atomic E-state index is 0.0195. The number of aromatic nitrogens is 4. The van der Waals surface area contributed by atoms with Crippen LogP contribution in [0.1, 0.15) is 107 Å². The number of ether oxygens (including phenoxy) is 4. The highest BCUT2D eigenvalue weighted by atomic mass is 32.1. The van der Waals surface area contributed by atoms with Crippen molar-refractivity contribution >= 4 is 97.2 Å². The molecule has 6 aromatic rings. The lowest BCUT2D eigenvalue weighted by Gasteiger charge is -2.43. The van der Waals surface area contributed by atoms with Gasteiger partial charge in [-0.1, -0.05) is 13.8 Å². The fourth-order valence-electron chi connectivity index (χ4n) is 10.1. The summed E-state index contributed by atoms with van der Waals surface area (Å²) in [5.41, 5.74) is 0.350. The van der Waals surface area contributed by atoms with E-state index in [2.05, 4.69) is 26.0 Å². The monoisotopic (exact) mass is 1130 g/mol. The van der Waals surface area contributed by atoms with Crippen molar-refractivity contribution in [3.8, 4) is 23.9 Å². The Bertz CT molecular complexity index is 3590. The first kappa shape index (κ1) is 56.6. The minimum atomic E-state index is -4.78. The normalized spacial score (nSPS) is 16.4. The number of benzene rings is 4. The number of rotatable bonds is 13. The van der Waals surface area contributed by atoms with Crippen LogP contribution in [0.5, 0.6) is 11.8 Å². The number of carbonyl (C=O) groups excluding carboxylic acids is 3. The number of nitrogens with zero attached hydrogens (tertiary/aromatic N) is 10. The molecule has 0 unspecified atom stereocenters. The Balaban J connectivity index is 0.000000195. The highest BCUT2D eigenvalue weighted by Crippen LogP contribution is 2.51. The molecule has 10 rings (SSSR count). The molecule has 0 bridgehead atoms. The molecule has 2 spiro atoms. The number of aliphatic hydroxyl groups excluding tert-OH is 1. The van der Waals surface area contributed by atoms with E-state index in [0.717, 1.165) is 41.1 Å². The molecular weight excluding hydrogens is 1070 g/mol. The third-order valence-corrected chi connectivity index (χ3v) is 15.0. The zero-order valence-electron chi connectivity index (χ0n) is 44.6. The van der Waals surface area contributed by atoms with E-state index >= 15 is 0 Å². The number of hydrogen-bond acceptors (Lipinski definition) is 16. The van der Waals surface area contributed by atoms with Crippen molar-refractivity contribution in [3.05, 3.63) is 107 Å². The standard InChI is InChI=1S/C31H33N5O5S.C26H22F3N5O3S/c1-6-25-33-24-11-10-22(17-23(24)26(34-25)39-14-15-40-29(38)41-30(3,4)5)36-28(42)35(27(37)31(36)12-7-13-31)21-9-8-20(18-32)19(2)16-21;1-2-21-31-20-7-6-17(12-18(20)22(32-21)37-11-10-35)34-24(38)33(23(36)25(34)8-3-9-25)16-5-4-15(14-30)19(13-16)26(27,28)29/h8-11,16-17H,6-7,12-15H2,1-5H3;4-7,12-13,35H,2-3,8-11H2,1H3. The lowest BCUT2D eigenvalue weighted by Crippen LogP contribution is -2.55. The number of alkyl halides is 3. The second-order valence-electron chi connectivity index (χ2n) is 20.5. The molecule has 80 heavy (non-hydrogen) atoms. The van der Waals surface area contributed by atoms with Crippen LogP contribution in [-0.4, -0.2) is 96.3 Å². The molecule has 23 heteroatoms. The Kier molecular flexibility index (Phi) is 15.7. The van der Waals surface area contributed by atoms with Crippen LogP contribution in [0.25, 0.3) is 21.8 Å². The highest BCUT2D eigenvalue weighted by molar-refractivity contribution is 7.81. The first-order valence-electron chi connectivity index (χ1n) is 25.9. The van der Waals surface area contributed by atoms with E-state index in [4.69, 9.17) is 48.6 Å². The Hall–Kier alpha value is -8.12. The smallest absolute Gasteiger partial charge is 0.475 e. The number of amides is 2. The van der Waals surface area contributed by atoms with Crippen molar-refractivity contribution in [2.45, 2.75) is 116 Å². The number of anilines is 4. The molecule has 4 aromatic carbocycles. The Morgan fingerprint density at radius 3 is 1.55 bits per heavy atom. The molecule has 0 atom stereocenters. The highest BCUT2D eigenvalue weighted by Gasteiger charge is 2.61. The van der Waals surface area contributed by atoms with Gasteiger partial charge < -0.3 is 33.9 Å². The molecule has 4 aliphatic rings. The summed E-state index contributed by atoms with van der Waals surface area (Å²) in [7, 11) is 0. The fraction of sp³-hybridized carbons (Fsp3) is 0.386. The van der Waals surface area contributed by atoms with E-state index < -0.39 is 46.0 Å². The summed E-state index contributed by atoms with van der Waals surface area (Å²) in [6, 6.07) is 23.1. The molecule has 2 saturated heterocycles. The van der Waals surface area contributed by atoms with E-state index in [1.165, 1.54) is 6.07 Å². The molecule has 2 saturated carbocycles. The number of aryl methyl sites for hydroxylation is 3. The van der Waals surface area contributed by atoms with Gasteiger partial charge in [-0.05, 0) is 169 Å². The van der Waals surface area contributed by atoms with Crippen LogP contribution >= 0.6 is 24.4 Å². The lowest BCUT2D eigenvalue weighted by atomic mass is 9.75. The topological polar surface area (TPSA) is 220 Å². The van der Waals surface area contributed by atoms with Crippen molar-refractivity contribution in [3.63, 3.8) is 0 Å². The van der Waals surface area contributed by atoms with Crippen LogP contribution < -0.4 is 29.1 Å². The molecule has 2 aliphatic carbocycles. The average Bonchev–Trinajstić information content (AvgIpc) is 3.81. The van der Waals surface area contributed by atoms with Gasteiger partial charge in [-0.2, -0.15) is 33.7 Å². The van der Waals surface area contributed by atoms with Gasteiger partial charge in [0, 0.05) is 24.2 Å². The predicted octanol–water partition coefficient (Wildman–Crippen LogP) is 10.3. The molecular formula is C57H55F3N10O8S2. The van der Waals surface area contributed by atoms with Crippen molar-refractivity contribution in [2.75, 3.05) is 46.0 Å². The first-order chi connectivity index (χ1) is 38.1. The average molecular weight is 1130 g/mol.